The molecule has 2 saturated heterocycles. The van der Waals surface area contributed by atoms with E-state index in [4.69, 9.17) is 9.57 Å². The molecule has 3 aliphatic rings. The van der Waals surface area contributed by atoms with Gasteiger partial charge in [0, 0.05) is 12.0 Å². The Balaban J connectivity index is 1.77. The number of rotatable bonds is 2. The van der Waals surface area contributed by atoms with Crippen LogP contribution in [0.3, 0.4) is 0 Å². The molecule has 4 nitrogen and oxygen atoms in total. The summed E-state index contributed by atoms with van der Waals surface area (Å²) in [6.45, 7) is 0.859. The van der Waals surface area contributed by atoms with Crippen molar-refractivity contribution < 1.29 is 14.4 Å². The fourth-order valence-corrected chi connectivity index (χ4v) is 4.08. The van der Waals surface area contributed by atoms with Crippen molar-refractivity contribution in [3.8, 4) is 0 Å². The summed E-state index contributed by atoms with van der Waals surface area (Å²) >= 11 is 0. The number of hydroxylamine groups is 2. The Morgan fingerprint density at radius 2 is 2.18 bits per heavy atom. The fourth-order valence-electron chi connectivity index (χ4n) is 4.08. The van der Waals surface area contributed by atoms with Crippen LogP contribution in [-0.4, -0.2) is 36.3 Å². The Hall–Kier alpha value is -0.610. The van der Waals surface area contributed by atoms with Gasteiger partial charge in [-0.3, -0.25) is 9.63 Å². The maximum Gasteiger partial charge on any atom is 0.307 e. The standard InChI is InChI=1S/C13H21NO3/c1-16-12(15)8-11-5-3-7-13-6-2-4-10(13)9-17-14(11)13/h10-11H,2-9H2,1H3/t10-,11+,13+/m1/s1. The largest absolute Gasteiger partial charge is 0.469 e. The van der Waals surface area contributed by atoms with Gasteiger partial charge < -0.3 is 4.74 Å². The second-order valence-electron chi connectivity index (χ2n) is 5.64. The maximum atomic E-state index is 11.5. The number of piperidine rings is 1. The van der Waals surface area contributed by atoms with Crippen molar-refractivity contribution in [3.05, 3.63) is 0 Å². The van der Waals surface area contributed by atoms with Gasteiger partial charge in [0.2, 0.25) is 0 Å². The summed E-state index contributed by atoms with van der Waals surface area (Å²) in [4.78, 5) is 17.4. The van der Waals surface area contributed by atoms with E-state index in [2.05, 4.69) is 5.06 Å². The first-order chi connectivity index (χ1) is 8.26. The van der Waals surface area contributed by atoms with Crippen LogP contribution in [0.5, 0.6) is 0 Å². The lowest BCUT2D eigenvalue weighted by atomic mass is 9.78. The van der Waals surface area contributed by atoms with E-state index in [9.17, 15) is 4.79 Å². The molecule has 0 aromatic rings. The molecule has 1 saturated carbocycles. The van der Waals surface area contributed by atoms with E-state index in [1.165, 1.54) is 39.2 Å². The zero-order valence-corrected chi connectivity index (χ0v) is 10.5. The topological polar surface area (TPSA) is 38.8 Å². The van der Waals surface area contributed by atoms with E-state index in [1.807, 2.05) is 0 Å². The summed E-state index contributed by atoms with van der Waals surface area (Å²) in [5.41, 5.74) is 0.261. The SMILES string of the molecule is COC(=O)C[C@@H]1CCC[C@@]23CCC[C@@H]2CON13. The van der Waals surface area contributed by atoms with Gasteiger partial charge in [0.15, 0.2) is 0 Å². The molecule has 96 valence electrons. The number of carbonyl (C=O) groups excluding carboxylic acids is 1. The zero-order chi connectivity index (χ0) is 11.9. The average Bonchev–Trinajstić information content (AvgIpc) is 2.85. The molecule has 3 atom stereocenters. The minimum atomic E-state index is -0.114. The number of esters is 1. The van der Waals surface area contributed by atoms with Crippen LogP contribution < -0.4 is 0 Å². The van der Waals surface area contributed by atoms with Crippen LogP contribution in [0.25, 0.3) is 0 Å². The van der Waals surface area contributed by atoms with Crippen molar-refractivity contribution >= 4 is 5.97 Å². The molecule has 3 rings (SSSR count). The van der Waals surface area contributed by atoms with Gasteiger partial charge in [0.25, 0.3) is 0 Å². The Morgan fingerprint density at radius 3 is 2.94 bits per heavy atom. The summed E-state index contributed by atoms with van der Waals surface area (Å²) in [6.07, 6.45) is 7.86. The lowest BCUT2D eigenvalue weighted by Gasteiger charge is -2.45. The van der Waals surface area contributed by atoms with Crippen LogP contribution in [0.2, 0.25) is 0 Å². The van der Waals surface area contributed by atoms with Gasteiger partial charge in [-0.25, -0.2) is 0 Å². The third-order valence-corrected chi connectivity index (χ3v) is 4.88. The number of nitrogens with zero attached hydrogens (tertiary/aromatic N) is 1. The number of ether oxygens (including phenoxy) is 1. The predicted molar refractivity (Wildman–Crippen MR) is 62.1 cm³/mol. The second kappa shape index (κ2) is 4.25. The highest BCUT2D eigenvalue weighted by Gasteiger charge is 2.56. The van der Waals surface area contributed by atoms with E-state index in [1.54, 1.807) is 0 Å². The molecule has 2 heterocycles. The Labute approximate surface area is 102 Å². The molecule has 1 spiro atoms. The van der Waals surface area contributed by atoms with Crippen LogP contribution in [-0.2, 0) is 14.4 Å². The van der Waals surface area contributed by atoms with Gasteiger partial charge in [-0.2, -0.15) is 5.06 Å². The molecule has 0 unspecified atom stereocenters. The molecular weight excluding hydrogens is 218 g/mol. The minimum absolute atomic E-state index is 0.114. The smallest absolute Gasteiger partial charge is 0.307 e. The van der Waals surface area contributed by atoms with Crippen molar-refractivity contribution in [2.45, 2.75) is 56.5 Å². The highest BCUT2D eigenvalue weighted by molar-refractivity contribution is 5.69. The van der Waals surface area contributed by atoms with Gasteiger partial charge in [0.1, 0.15) is 0 Å². The summed E-state index contributed by atoms with van der Waals surface area (Å²) in [5.74, 6) is 0.583. The molecule has 0 radical (unpaired) electrons. The quantitative estimate of drug-likeness (QED) is 0.690. The van der Waals surface area contributed by atoms with E-state index in [-0.39, 0.29) is 17.6 Å². The van der Waals surface area contributed by atoms with Crippen molar-refractivity contribution in [2.75, 3.05) is 13.7 Å². The molecule has 3 fully saturated rings. The second-order valence-corrected chi connectivity index (χ2v) is 5.64. The molecule has 0 amide bonds. The Bertz CT molecular complexity index is 320. The van der Waals surface area contributed by atoms with Crippen molar-refractivity contribution in [1.29, 1.82) is 0 Å². The van der Waals surface area contributed by atoms with Crippen molar-refractivity contribution in [1.82, 2.24) is 5.06 Å². The molecule has 0 aromatic heterocycles. The van der Waals surface area contributed by atoms with Gasteiger partial charge in [-0.05, 0) is 32.1 Å². The van der Waals surface area contributed by atoms with E-state index in [0.29, 0.717) is 12.3 Å². The van der Waals surface area contributed by atoms with Crippen molar-refractivity contribution in [2.24, 2.45) is 5.92 Å². The number of methoxy groups -OCH3 is 1. The highest BCUT2D eigenvalue weighted by atomic mass is 16.7. The third kappa shape index (κ3) is 1.69. The summed E-state index contributed by atoms with van der Waals surface area (Å²) in [5, 5.41) is 2.19. The molecular formula is C13H21NO3. The minimum Gasteiger partial charge on any atom is -0.469 e. The number of carbonyl (C=O) groups is 1. The van der Waals surface area contributed by atoms with Gasteiger partial charge in [-0.1, -0.05) is 6.42 Å². The monoisotopic (exact) mass is 239 g/mol. The average molecular weight is 239 g/mol. The third-order valence-electron chi connectivity index (χ3n) is 4.88. The van der Waals surface area contributed by atoms with Crippen LogP contribution in [0.1, 0.15) is 44.9 Å². The normalized spacial score (nSPS) is 41.0. The van der Waals surface area contributed by atoms with E-state index in [0.717, 1.165) is 13.0 Å². The highest BCUT2D eigenvalue weighted by Crippen LogP contribution is 2.52. The Morgan fingerprint density at radius 1 is 1.41 bits per heavy atom. The van der Waals surface area contributed by atoms with Crippen LogP contribution in [0.15, 0.2) is 0 Å². The predicted octanol–water partition coefficient (Wildman–Crippen LogP) is 1.89. The zero-order valence-electron chi connectivity index (χ0n) is 10.5. The molecule has 0 N–H and O–H groups in total. The van der Waals surface area contributed by atoms with Gasteiger partial charge in [0.05, 0.1) is 25.7 Å². The summed E-state index contributed by atoms with van der Waals surface area (Å²) < 4.78 is 4.79. The van der Waals surface area contributed by atoms with Crippen LogP contribution in [0, 0.1) is 5.92 Å². The van der Waals surface area contributed by atoms with E-state index < -0.39 is 0 Å². The lowest BCUT2D eigenvalue weighted by molar-refractivity contribution is -0.213. The fraction of sp³-hybridized carbons (Fsp3) is 0.923. The van der Waals surface area contributed by atoms with Crippen LogP contribution in [0.4, 0.5) is 0 Å². The molecule has 2 aliphatic heterocycles. The molecule has 1 aliphatic carbocycles. The lowest BCUT2D eigenvalue weighted by Crippen LogP contribution is -2.53. The number of hydrogen-bond donors (Lipinski definition) is 0. The molecule has 4 heteroatoms. The van der Waals surface area contributed by atoms with Crippen LogP contribution >= 0.6 is 0 Å². The first-order valence-electron chi connectivity index (χ1n) is 6.75. The molecule has 17 heavy (non-hydrogen) atoms. The Kier molecular flexibility index (Phi) is 2.87. The molecule has 0 aromatic carbocycles. The first kappa shape index (κ1) is 11.5. The van der Waals surface area contributed by atoms with Crippen molar-refractivity contribution in [3.63, 3.8) is 0 Å². The summed E-state index contributed by atoms with van der Waals surface area (Å²) in [6, 6.07) is 0.235. The van der Waals surface area contributed by atoms with E-state index >= 15 is 0 Å². The first-order valence-corrected chi connectivity index (χ1v) is 6.75. The number of hydrogen-bond acceptors (Lipinski definition) is 4. The summed E-state index contributed by atoms with van der Waals surface area (Å²) in [7, 11) is 1.46. The van der Waals surface area contributed by atoms with Gasteiger partial charge >= 0.3 is 5.97 Å². The maximum absolute atomic E-state index is 11.5. The van der Waals surface area contributed by atoms with Gasteiger partial charge in [-0.15, -0.1) is 0 Å². The molecule has 0 bridgehead atoms.